The van der Waals surface area contributed by atoms with E-state index in [1.165, 1.54) is 6.20 Å². The topological polar surface area (TPSA) is 64.1 Å². The molecule has 0 atom stereocenters. The molecular weight excluding hydrogens is 250 g/mol. The molecule has 4 nitrogen and oxygen atoms in total. The molecule has 0 fully saturated rings. The Bertz CT molecular complexity index is 521. The van der Waals surface area contributed by atoms with Gasteiger partial charge in [0.15, 0.2) is 9.84 Å². The van der Waals surface area contributed by atoms with Gasteiger partial charge in [0.25, 0.3) is 0 Å². The summed E-state index contributed by atoms with van der Waals surface area (Å²) in [5.41, 5.74) is 0.860. The first-order chi connectivity index (χ1) is 8.36. The maximum atomic E-state index is 12.0. The Kier molecular flexibility index (Phi) is 5.02. The molecule has 0 radical (unpaired) electrons. The van der Waals surface area contributed by atoms with Gasteiger partial charge in [0.05, 0.1) is 4.90 Å². The second-order valence-corrected chi connectivity index (χ2v) is 6.65. The number of pyridine rings is 1. The zero-order valence-electron chi connectivity index (χ0n) is 11.0. The van der Waals surface area contributed by atoms with E-state index >= 15 is 0 Å². The first kappa shape index (κ1) is 14.8. The molecule has 0 N–H and O–H groups in total. The first-order valence-electron chi connectivity index (χ1n) is 6.06. The normalized spacial score (nSPS) is 11.8. The number of hydrogen-bond acceptors (Lipinski definition) is 4. The fourth-order valence-corrected chi connectivity index (χ4v) is 2.84. The van der Waals surface area contributed by atoms with Crippen molar-refractivity contribution in [1.29, 1.82) is 0 Å². The fraction of sp³-hybridized carbons (Fsp3) is 0.538. The van der Waals surface area contributed by atoms with Gasteiger partial charge in [0.2, 0.25) is 0 Å². The summed E-state index contributed by atoms with van der Waals surface area (Å²) in [7, 11) is -3.55. The van der Waals surface area contributed by atoms with Crippen molar-refractivity contribution in [2.75, 3.05) is 5.75 Å². The summed E-state index contributed by atoms with van der Waals surface area (Å²) in [6.07, 6.45) is 3.92. The molecule has 1 aromatic rings. The van der Waals surface area contributed by atoms with Crippen LogP contribution in [-0.4, -0.2) is 24.9 Å². The maximum Gasteiger partial charge on any atom is 0.186 e. The van der Waals surface area contributed by atoms with Crippen LogP contribution in [0.4, 0.5) is 0 Å². The number of Topliss-reactive ketones (excluding diaryl/α,β-unsaturated/α-hetero) is 1. The van der Waals surface area contributed by atoms with Gasteiger partial charge in [0, 0.05) is 18.8 Å². The van der Waals surface area contributed by atoms with Crippen LogP contribution < -0.4 is 0 Å². The molecule has 0 amide bonds. The van der Waals surface area contributed by atoms with Crippen molar-refractivity contribution < 1.29 is 13.2 Å². The van der Waals surface area contributed by atoms with Crippen LogP contribution in [0.5, 0.6) is 0 Å². The van der Waals surface area contributed by atoms with Gasteiger partial charge in [-0.05, 0) is 24.0 Å². The molecule has 0 spiro atoms. The highest BCUT2D eigenvalue weighted by atomic mass is 32.2. The van der Waals surface area contributed by atoms with Crippen molar-refractivity contribution in [3.63, 3.8) is 0 Å². The smallest absolute Gasteiger partial charge is 0.186 e. The van der Waals surface area contributed by atoms with E-state index in [1.54, 1.807) is 12.3 Å². The van der Waals surface area contributed by atoms with Gasteiger partial charge in [-0.3, -0.25) is 9.78 Å². The molecule has 0 saturated heterocycles. The van der Waals surface area contributed by atoms with Gasteiger partial charge >= 0.3 is 0 Å². The van der Waals surface area contributed by atoms with Gasteiger partial charge in [-0.1, -0.05) is 20.8 Å². The molecule has 0 unspecified atom stereocenters. The third kappa shape index (κ3) is 3.91. The minimum atomic E-state index is -3.55. The van der Waals surface area contributed by atoms with E-state index in [0.717, 1.165) is 5.56 Å². The Morgan fingerprint density at radius 2 is 2.00 bits per heavy atom. The number of hydrogen-bond donors (Lipinski definition) is 0. The predicted octanol–water partition coefficient (Wildman–Crippen LogP) is 2.35. The van der Waals surface area contributed by atoms with E-state index in [0.29, 0.717) is 12.8 Å². The monoisotopic (exact) mass is 269 g/mol. The molecule has 1 aromatic heterocycles. The molecule has 100 valence electrons. The zero-order chi connectivity index (χ0) is 13.8. The molecule has 0 aliphatic heterocycles. The van der Waals surface area contributed by atoms with Crippen LogP contribution in [-0.2, 0) is 14.6 Å². The lowest BCUT2D eigenvalue weighted by atomic mass is 10.1. The van der Waals surface area contributed by atoms with E-state index in [4.69, 9.17) is 0 Å². The average molecular weight is 269 g/mol. The summed E-state index contributed by atoms with van der Waals surface area (Å²) >= 11 is 0. The standard InChI is InChI=1S/C13H19NO3S/c1-4-5-12(15)9-18(16,17)13-6-11(10(2)3)7-14-8-13/h6-8,10H,4-5,9H2,1-3H3. The minimum Gasteiger partial charge on any atom is -0.299 e. The first-order valence-corrected chi connectivity index (χ1v) is 7.71. The lowest BCUT2D eigenvalue weighted by molar-refractivity contribution is -0.116. The van der Waals surface area contributed by atoms with Crippen molar-refractivity contribution in [3.05, 3.63) is 24.0 Å². The molecule has 0 bridgehead atoms. The summed E-state index contributed by atoms with van der Waals surface area (Å²) in [4.78, 5) is 15.5. The Morgan fingerprint density at radius 3 is 2.56 bits per heavy atom. The van der Waals surface area contributed by atoms with E-state index in [9.17, 15) is 13.2 Å². The molecule has 0 aromatic carbocycles. The highest BCUT2D eigenvalue weighted by Gasteiger charge is 2.19. The zero-order valence-corrected chi connectivity index (χ0v) is 11.8. The van der Waals surface area contributed by atoms with Crippen molar-refractivity contribution in [1.82, 2.24) is 4.98 Å². The van der Waals surface area contributed by atoms with Gasteiger partial charge in [-0.2, -0.15) is 0 Å². The van der Waals surface area contributed by atoms with Gasteiger partial charge in [-0.15, -0.1) is 0 Å². The Morgan fingerprint density at radius 1 is 1.33 bits per heavy atom. The highest BCUT2D eigenvalue weighted by Crippen LogP contribution is 2.18. The quantitative estimate of drug-likeness (QED) is 0.795. The van der Waals surface area contributed by atoms with Crippen LogP contribution >= 0.6 is 0 Å². The second-order valence-electron chi connectivity index (χ2n) is 4.66. The van der Waals surface area contributed by atoms with Crippen LogP contribution in [0.25, 0.3) is 0 Å². The third-order valence-corrected chi connectivity index (χ3v) is 4.28. The summed E-state index contributed by atoms with van der Waals surface area (Å²) < 4.78 is 24.1. The van der Waals surface area contributed by atoms with Crippen molar-refractivity contribution in [3.8, 4) is 0 Å². The maximum absolute atomic E-state index is 12.0. The Hall–Kier alpha value is -1.23. The summed E-state index contributed by atoms with van der Waals surface area (Å²) in [5, 5.41) is 0. The SMILES string of the molecule is CCCC(=O)CS(=O)(=O)c1cncc(C(C)C)c1. The number of carbonyl (C=O) groups is 1. The number of nitrogens with zero attached hydrogens (tertiary/aromatic N) is 1. The van der Waals surface area contributed by atoms with E-state index in [1.807, 2.05) is 20.8 Å². The van der Waals surface area contributed by atoms with Crippen LogP contribution in [0.1, 0.15) is 45.1 Å². The van der Waals surface area contributed by atoms with Crippen molar-refractivity contribution >= 4 is 15.6 Å². The Balaban J connectivity index is 2.98. The number of aromatic nitrogens is 1. The lowest BCUT2D eigenvalue weighted by Crippen LogP contribution is -2.16. The molecule has 0 aliphatic carbocycles. The van der Waals surface area contributed by atoms with E-state index < -0.39 is 15.6 Å². The Labute approximate surface area is 108 Å². The molecule has 0 aliphatic rings. The van der Waals surface area contributed by atoms with Crippen LogP contribution in [0, 0.1) is 0 Å². The molecule has 1 rings (SSSR count). The van der Waals surface area contributed by atoms with Gasteiger partial charge in [-0.25, -0.2) is 8.42 Å². The second kappa shape index (κ2) is 6.09. The van der Waals surface area contributed by atoms with Gasteiger partial charge in [0.1, 0.15) is 11.5 Å². The molecule has 18 heavy (non-hydrogen) atoms. The molecular formula is C13H19NO3S. The lowest BCUT2D eigenvalue weighted by Gasteiger charge is -2.08. The molecule has 0 saturated carbocycles. The fourth-order valence-electron chi connectivity index (χ4n) is 1.57. The number of ketones is 1. The van der Waals surface area contributed by atoms with Crippen LogP contribution in [0.15, 0.2) is 23.4 Å². The molecule has 5 heteroatoms. The number of carbonyl (C=O) groups excluding carboxylic acids is 1. The average Bonchev–Trinajstić information content (AvgIpc) is 2.28. The highest BCUT2D eigenvalue weighted by molar-refractivity contribution is 7.92. The summed E-state index contributed by atoms with van der Waals surface area (Å²) in [5.74, 6) is -0.462. The summed E-state index contributed by atoms with van der Waals surface area (Å²) in [6, 6.07) is 1.60. The third-order valence-electron chi connectivity index (χ3n) is 2.64. The van der Waals surface area contributed by atoms with Crippen molar-refractivity contribution in [2.45, 2.75) is 44.4 Å². The van der Waals surface area contributed by atoms with E-state index in [2.05, 4.69) is 4.98 Å². The largest absolute Gasteiger partial charge is 0.299 e. The number of sulfone groups is 1. The minimum absolute atomic E-state index is 0.137. The van der Waals surface area contributed by atoms with Crippen LogP contribution in [0.3, 0.4) is 0 Å². The van der Waals surface area contributed by atoms with Gasteiger partial charge < -0.3 is 0 Å². The van der Waals surface area contributed by atoms with E-state index in [-0.39, 0.29) is 16.6 Å². The summed E-state index contributed by atoms with van der Waals surface area (Å²) in [6.45, 7) is 5.79. The number of rotatable bonds is 6. The predicted molar refractivity (Wildman–Crippen MR) is 70.3 cm³/mol. The molecule has 1 heterocycles. The van der Waals surface area contributed by atoms with Crippen molar-refractivity contribution in [2.24, 2.45) is 0 Å². The van der Waals surface area contributed by atoms with Crippen LogP contribution in [0.2, 0.25) is 0 Å².